The van der Waals surface area contributed by atoms with Crippen LogP contribution in [0.4, 0.5) is 0 Å². The Bertz CT molecular complexity index is 279. The highest BCUT2D eigenvalue weighted by molar-refractivity contribution is 5.80. The van der Waals surface area contributed by atoms with Crippen molar-refractivity contribution in [2.45, 2.75) is 58.2 Å². The number of methoxy groups -OCH3 is 2. The number of carbonyl (C=O) groups is 1. The van der Waals surface area contributed by atoms with E-state index in [0.717, 1.165) is 6.42 Å². The third-order valence-corrected chi connectivity index (χ3v) is 3.03. The molecule has 1 unspecified atom stereocenters. The molecule has 0 amide bonds. The van der Waals surface area contributed by atoms with Crippen LogP contribution in [-0.2, 0) is 19.0 Å². The van der Waals surface area contributed by atoms with Crippen LogP contribution in [0.3, 0.4) is 0 Å². The lowest BCUT2D eigenvalue weighted by Crippen LogP contribution is -2.56. The van der Waals surface area contributed by atoms with Crippen LogP contribution in [0.5, 0.6) is 0 Å². The van der Waals surface area contributed by atoms with Gasteiger partial charge in [0, 0.05) is 19.8 Å². The van der Waals surface area contributed by atoms with E-state index in [1.54, 1.807) is 14.0 Å². The Hall–Kier alpha value is -0.650. The normalized spacial score (nSPS) is 15.4. The quantitative estimate of drug-likeness (QED) is 0.513. The average Bonchev–Trinajstić information content (AvgIpc) is 2.33. The molecule has 0 radical (unpaired) electrons. The third kappa shape index (κ3) is 6.89. The van der Waals surface area contributed by atoms with E-state index in [4.69, 9.17) is 14.2 Å². The van der Waals surface area contributed by atoms with Gasteiger partial charge < -0.3 is 14.2 Å². The molecule has 0 aromatic rings. The van der Waals surface area contributed by atoms with Gasteiger partial charge in [0.1, 0.15) is 5.54 Å². The molecule has 0 bridgehead atoms. The Morgan fingerprint density at radius 1 is 1.21 bits per heavy atom. The fourth-order valence-corrected chi connectivity index (χ4v) is 1.72. The predicted octanol–water partition coefficient (Wildman–Crippen LogP) is 1.75. The molecule has 0 spiro atoms. The minimum absolute atomic E-state index is 0.170. The summed E-state index contributed by atoms with van der Waals surface area (Å²) in [5, 5.41) is 3.19. The Morgan fingerprint density at radius 3 is 2.21 bits per heavy atom. The topological polar surface area (TPSA) is 56.8 Å². The van der Waals surface area contributed by atoms with E-state index < -0.39 is 5.54 Å². The molecule has 1 atom stereocenters. The predicted molar refractivity (Wildman–Crippen MR) is 75.2 cm³/mol. The molecule has 19 heavy (non-hydrogen) atoms. The van der Waals surface area contributed by atoms with Gasteiger partial charge in [-0.15, -0.1) is 0 Å². The molecule has 0 aliphatic rings. The number of ether oxygens (including phenoxy) is 3. The first-order valence-corrected chi connectivity index (χ1v) is 6.66. The second kappa shape index (κ2) is 7.82. The summed E-state index contributed by atoms with van der Waals surface area (Å²) < 4.78 is 15.8. The van der Waals surface area contributed by atoms with Gasteiger partial charge in [-0.25, -0.2) is 4.79 Å². The van der Waals surface area contributed by atoms with Gasteiger partial charge in [-0.2, -0.15) is 0 Å². The summed E-state index contributed by atoms with van der Waals surface area (Å²) in [5.74, 6) is -0.313. The molecule has 114 valence electrons. The van der Waals surface area contributed by atoms with Gasteiger partial charge in [0.2, 0.25) is 0 Å². The molecule has 0 heterocycles. The molecule has 0 fully saturated rings. The summed E-state index contributed by atoms with van der Waals surface area (Å²) in [4.78, 5) is 11.8. The molecule has 1 N–H and O–H groups in total. The van der Waals surface area contributed by atoms with E-state index in [0.29, 0.717) is 6.61 Å². The van der Waals surface area contributed by atoms with Gasteiger partial charge in [0.15, 0.2) is 0 Å². The second-order valence-corrected chi connectivity index (χ2v) is 5.89. The minimum atomic E-state index is -0.819. The van der Waals surface area contributed by atoms with Crippen LogP contribution in [-0.4, -0.2) is 50.6 Å². The molecular weight excluding hydrogens is 246 g/mol. The van der Waals surface area contributed by atoms with Crippen LogP contribution in [0.25, 0.3) is 0 Å². The zero-order valence-corrected chi connectivity index (χ0v) is 13.3. The number of rotatable bonds is 9. The van der Waals surface area contributed by atoms with Crippen molar-refractivity contribution in [3.8, 4) is 0 Å². The SMILES string of the molecule is COC(=O)C(C)(COCCC(C)(C)OC)NC(C)C. The van der Waals surface area contributed by atoms with Crippen molar-refractivity contribution in [2.75, 3.05) is 27.4 Å². The van der Waals surface area contributed by atoms with E-state index in [1.165, 1.54) is 7.11 Å². The van der Waals surface area contributed by atoms with Gasteiger partial charge in [-0.1, -0.05) is 0 Å². The molecule has 0 rings (SSSR count). The molecule has 0 saturated carbocycles. The van der Waals surface area contributed by atoms with Crippen LogP contribution < -0.4 is 5.32 Å². The lowest BCUT2D eigenvalue weighted by Gasteiger charge is -2.30. The summed E-state index contributed by atoms with van der Waals surface area (Å²) in [7, 11) is 3.06. The highest BCUT2D eigenvalue weighted by Crippen LogP contribution is 2.14. The van der Waals surface area contributed by atoms with Crippen LogP contribution in [0.1, 0.15) is 41.0 Å². The molecule has 0 aliphatic carbocycles. The van der Waals surface area contributed by atoms with Crippen LogP contribution in [0.2, 0.25) is 0 Å². The van der Waals surface area contributed by atoms with E-state index >= 15 is 0 Å². The fourth-order valence-electron chi connectivity index (χ4n) is 1.72. The first-order valence-electron chi connectivity index (χ1n) is 6.66. The summed E-state index contributed by atoms with van der Waals surface area (Å²) in [6, 6.07) is 0.170. The Kier molecular flexibility index (Phi) is 7.55. The standard InChI is InChI=1S/C14H29NO4/c1-11(2)15-14(5,12(16)17-6)10-19-9-8-13(3,4)18-7/h11,15H,8-10H2,1-7H3. The maximum absolute atomic E-state index is 11.8. The number of hydrogen-bond acceptors (Lipinski definition) is 5. The highest BCUT2D eigenvalue weighted by atomic mass is 16.5. The van der Waals surface area contributed by atoms with Gasteiger partial charge in [-0.05, 0) is 41.0 Å². The van der Waals surface area contributed by atoms with Gasteiger partial charge in [0.25, 0.3) is 0 Å². The smallest absolute Gasteiger partial charge is 0.328 e. The molecule has 0 saturated heterocycles. The Morgan fingerprint density at radius 2 is 1.79 bits per heavy atom. The monoisotopic (exact) mass is 275 g/mol. The lowest BCUT2D eigenvalue weighted by atomic mass is 10.0. The number of esters is 1. The third-order valence-electron chi connectivity index (χ3n) is 3.03. The summed E-state index contributed by atoms with van der Waals surface area (Å²) in [6.07, 6.45) is 0.766. The maximum Gasteiger partial charge on any atom is 0.328 e. The summed E-state index contributed by atoms with van der Waals surface area (Å²) >= 11 is 0. The van der Waals surface area contributed by atoms with Crippen molar-refractivity contribution in [3.63, 3.8) is 0 Å². The summed E-state index contributed by atoms with van der Waals surface area (Å²) in [6.45, 7) is 10.6. The maximum atomic E-state index is 11.8. The number of hydrogen-bond donors (Lipinski definition) is 1. The number of carbonyl (C=O) groups excluding carboxylic acids is 1. The summed E-state index contributed by atoms with van der Waals surface area (Å²) in [5.41, 5.74) is -1.03. The molecule has 0 aliphatic heterocycles. The van der Waals surface area contributed by atoms with Crippen LogP contribution in [0.15, 0.2) is 0 Å². The first-order chi connectivity index (χ1) is 8.67. The average molecular weight is 275 g/mol. The van der Waals surface area contributed by atoms with Gasteiger partial charge >= 0.3 is 5.97 Å². The van der Waals surface area contributed by atoms with Crippen molar-refractivity contribution in [1.82, 2.24) is 5.32 Å². The van der Waals surface area contributed by atoms with Crippen molar-refractivity contribution in [3.05, 3.63) is 0 Å². The second-order valence-electron chi connectivity index (χ2n) is 5.89. The van der Waals surface area contributed by atoms with E-state index in [9.17, 15) is 4.79 Å². The number of nitrogens with one attached hydrogen (secondary N) is 1. The molecular formula is C14H29NO4. The van der Waals surface area contributed by atoms with Crippen LogP contribution in [0, 0.1) is 0 Å². The van der Waals surface area contributed by atoms with Crippen molar-refractivity contribution in [1.29, 1.82) is 0 Å². The molecule has 0 aromatic carbocycles. The van der Waals surface area contributed by atoms with Gasteiger partial charge in [0.05, 0.1) is 19.3 Å². The molecule has 5 nitrogen and oxygen atoms in total. The van der Waals surface area contributed by atoms with Crippen molar-refractivity contribution < 1.29 is 19.0 Å². The van der Waals surface area contributed by atoms with E-state index in [1.807, 2.05) is 27.7 Å². The van der Waals surface area contributed by atoms with E-state index in [-0.39, 0.29) is 24.2 Å². The zero-order valence-electron chi connectivity index (χ0n) is 13.3. The molecule has 5 heteroatoms. The largest absolute Gasteiger partial charge is 0.468 e. The van der Waals surface area contributed by atoms with Gasteiger partial charge in [-0.3, -0.25) is 5.32 Å². The Labute approximate surface area is 117 Å². The van der Waals surface area contributed by atoms with E-state index in [2.05, 4.69) is 5.32 Å². The molecule has 0 aromatic heterocycles. The van der Waals surface area contributed by atoms with Crippen molar-refractivity contribution in [2.24, 2.45) is 0 Å². The minimum Gasteiger partial charge on any atom is -0.468 e. The zero-order chi connectivity index (χ0) is 15.1. The Balaban J connectivity index is 4.32. The van der Waals surface area contributed by atoms with Crippen molar-refractivity contribution >= 4 is 5.97 Å². The lowest BCUT2D eigenvalue weighted by molar-refractivity contribution is -0.151. The fraction of sp³-hybridized carbons (Fsp3) is 0.929. The first kappa shape index (κ1) is 18.4. The highest BCUT2D eigenvalue weighted by Gasteiger charge is 2.35. The van der Waals surface area contributed by atoms with Crippen LogP contribution >= 0.6 is 0 Å².